The van der Waals surface area contributed by atoms with Gasteiger partial charge in [-0.3, -0.25) is 0 Å². The van der Waals surface area contributed by atoms with Gasteiger partial charge in [0.15, 0.2) is 5.69 Å². The molecule has 2 aromatic rings. The number of aromatic nitrogens is 1. The topological polar surface area (TPSA) is 62.2 Å². The van der Waals surface area contributed by atoms with Gasteiger partial charge in [0.2, 0.25) is 0 Å². The number of anilines is 2. The minimum atomic E-state index is -1.23. The molecular weight excluding hydrogens is 338 g/mol. The molecule has 2 rings (SSSR count). The maximum absolute atomic E-state index is 13.1. The molecule has 0 aliphatic rings. The Bertz CT molecular complexity index is 652. The first-order valence-corrected chi connectivity index (χ1v) is 6.26. The van der Waals surface area contributed by atoms with Crippen LogP contribution in [-0.4, -0.2) is 16.1 Å². The van der Waals surface area contributed by atoms with E-state index < -0.39 is 11.8 Å². The maximum atomic E-state index is 13.1. The Morgan fingerprint density at radius 1 is 1.37 bits per heavy atom. The monoisotopic (exact) mass is 344 g/mol. The fourth-order valence-electron chi connectivity index (χ4n) is 1.39. The average molecular weight is 346 g/mol. The molecule has 4 nitrogen and oxygen atoms in total. The van der Waals surface area contributed by atoms with Crippen LogP contribution in [0.15, 0.2) is 34.8 Å². The van der Waals surface area contributed by atoms with Crippen LogP contribution in [0.3, 0.4) is 0 Å². The van der Waals surface area contributed by atoms with Gasteiger partial charge in [-0.2, -0.15) is 0 Å². The highest BCUT2D eigenvalue weighted by molar-refractivity contribution is 9.10. The molecule has 0 saturated carbocycles. The summed E-state index contributed by atoms with van der Waals surface area (Å²) >= 11 is 8.96. The van der Waals surface area contributed by atoms with Crippen molar-refractivity contribution in [2.75, 3.05) is 5.32 Å². The van der Waals surface area contributed by atoms with E-state index >= 15 is 0 Å². The van der Waals surface area contributed by atoms with Gasteiger partial charge in [0, 0.05) is 4.47 Å². The number of nitrogens with zero attached hydrogens (tertiary/aromatic N) is 1. The van der Waals surface area contributed by atoms with Crippen LogP contribution in [0.4, 0.5) is 15.9 Å². The first kappa shape index (κ1) is 13.8. The van der Waals surface area contributed by atoms with Gasteiger partial charge in [-0.25, -0.2) is 14.2 Å². The molecule has 0 radical (unpaired) electrons. The maximum Gasteiger partial charge on any atom is 0.356 e. The lowest BCUT2D eigenvalue weighted by molar-refractivity contribution is 0.0691. The predicted octanol–water partition coefficient (Wildman–Crippen LogP) is 4.08. The first-order chi connectivity index (χ1) is 8.97. The number of halogens is 3. The quantitative estimate of drug-likeness (QED) is 0.880. The van der Waals surface area contributed by atoms with Crippen LogP contribution in [0.25, 0.3) is 0 Å². The first-order valence-electron chi connectivity index (χ1n) is 5.09. The van der Waals surface area contributed by atoms with E-state index in [2.05, 4.69) is 26.2 Å². The molecular formula is C12H7BrClFN2O2. The lowest BCUT2D eigenvalue weighted by Gasteiger charge is -2.09. The van der Waals surface area contributed by atoms with Gasteiger partial charge < -0.3 is 10.4 Å². The smallest absolute Gasteiger partial charge is 0.356 e. The Kier molecular flexibility index (Phi) is 4.01. The highest BCUT2D eigenvalue weighted by Crippen LogP contribution is 2.27. The van der Waals surface area contributed by atoms with Crippen LogP contribution >= 0.6 is 27.5 Å². The lowest BCUT2D eigenvalue weighted by atomic mass is 10.3. The minimum absolute atomic E-state index is 0.0383. The van der Waals surface area contributed by atoms with E-state index in [1.54, 1.807) is 0 Å². The number of aromatic carboxylic acids is 1. The molecule has 1 aromatic carbocycles. The van der Waals surface area contributed by atoms with Gasteiger partial charge in [0.25, 0.3) is 0 Å². The van der Waals surface area contributed by atoms with Gasteiger partial charge in [0.1, 0.15) is 11.6 Å². The zero-order valence-corrected chi connectivity index (χ0v) is 11.7. The largest absolute Gasteiger partial charge is 0.476 e. The van der Waals surface area contributed by atoms with Gasteiger partial charge in [-0.1, -0.05) is 11.6 Å². The van der Waals surface area contributed by atoms with Gasteiger partial charge in [0.05, 0.1) is 10.7 Å². The van der Waals surface area contributed by atoms with Crippen LogP contribution < -0.4 is 5.32 Å². The number of carboxylic acid groups (broad SMARTS) is 1. The highest BCUT2D eigenvalue weighted by Gasteiger charge is 2.12. The second-order valence-electron chi connectivity index (χ2n) is 3.58. The van der Waals surface area contributed by atoms with E-state index in [0.29, 0.717) is 10.2 Å². The molecule has 1 aromatic heterocycles. The van der Waals surface area contributed by atoms with Crippen molar-refractivity contribution in [2.24, 2.45) is 0 Å². The van der Waals surface area contributed by atoms with E-state index in [9.17, 15) is 9.18 Å². The summed E-state index contributed by atoms with van der Waals surface area (Å²) in [7, 11) is 0. The van der Waals surface area contributed by atoms with Crippen LogP contribution in [0.5, 0.6) is 0 Å². The number of carbonyl (C=O) groups is 1. The fraction of sp³-hybridized carbons (Fsp3) is 0. The van der Waals surface area contributed by atoms with Crippen LogP contribution in [-0.2, 0) is 0 Å². The van der Waals surface area contributed by atoms with Crippen molar-refractivity contribution < 1.29 is 14.3 Å². The summed E-state index contributed by atoms with van der Waals surface area (Å²) in [4.78, 5) is 14.8. The molecule has 0 amide bonds. The number of carboxylic acids is 1. The van der Waals surface area contributed by atoms with Crippen molar-refractivity contribution in [1.29, 1.82) is 0 Å². The molecule has 19 heavy (non-hydrogen) atoms. The summed E-state index contributed by atoms with van der Waals surface area (Å²) in [6.45, 7) is 0. The van der Waals surface area contributed by atoms with Crippen molar-refractivity contribution in [2.45, 2.75) is 0 Å². The third-order valence-corrected chi connectivity index (χ3v) is 3.24. The van der Waals surface area contributed by atoms with Crippen LogP contribution in [0.1, 0.15) is 10.5 Å². The number of pyridine rings is 1. The van der Waals surface area contributed by atoms with Crippen LogP contribution in [0, 0.1) is 5.82 Å². The lowest BCUT2D eigenvalue weighted by Crippen LogP contribution is -2.04. The number of nitrogens with one attached hydrogen (secondary N) is 1. The van der Waals surface area contributed by atoms with E-state index in [-0.39, 0.29) is 16.5 Å². The second-order valence-corrected chi connectivity index (χ2v) is 4.84. The zero-order valence-electron chi connectivity index (χ0n) is 9.32. The molecule has 0 spiro atoms. The molecule has 0 fully saturated rings. The number of hydrogen-bond acceptors (Lipinski definition) is 3. The van der Waals surface area contributed by atoms with E-state index in [4.69, 9.17) is 16.7 Å². The van der Waals surface area contributed by atoms with Crippen molar-refractivity contribution in [3.05, 3.63) is 51.3 Å². The SMILES string of the molecule is O=C(O)c1nc(Nc2cc(F)ccc2Br)ccc1Cl. The molecule has 0 saturated heterocycles. The Morgan fingerprint density at radius 2 is 2.11 bits per heavy atom. The second kappa shape index (κ2) is 5.54. The summed E-state index contributed by atoms with van der Waals surface area (Å²) in [5, 5.41) is 11.8. The van der Waals surface area contributed by atoms with E-state index in [1.807, 2.05) is 0 Å². The van der Waals surface area contributed by atoms with Crippen LogP contribution in [0.2, 0.25) is 5.02 Å². The number of hydrogen-bond donors (Lipinski definition) is 2. The third-order valence-electron chi connectivity index (χ3n) is 2.24. The van der Waals surface area contributed by atoms with Crippen molar-refractivity contribution in [1.82, 2.24) is 4.98 Å². The van der Waals surface area contributed by atoms with Crippen molar-refractivity contribution in [3.63, 3.8) is 0 Å². The third kappa shape index (κ3) is 3.21. The molecule has 0 atom stereocenters. The van der Waals surface area contributed by atoms with Crippen molar-refractivity contribution in [3.8, 4) is 0 Å². The molecule has 2 N–H and O–H groups in total. The summed E-state index contributed by atoms with van der Waals surface area (Å²) < 4.78 is 13.8. The molecule has 0 unspecified atom stereocenters. The standard InChI is InChI=1S/C12H7BrClFN2O2/c13-7-2-1-6(15)5-9(7)16-10-4-3-8(14)11(17-10)12(18)19/h1-5H,(H,16,17)(H,18,19). The minimum Gasteiger partial charge on any atom is -0.476 e. The summed E-state index contributed by atoms with van der Waals surface area (Å²) in [5.74, 6) is -1.39. The Hall–Kier alpha value is -1.66. The highest BCUT2D eigenvalue weighted by atomic mass is 79.9. The molecule has 0 aliphatic heterocycles. The normalized spacial score (nSPS) is 10.3. The van der Waals surface area contributed by atoms with Gasteiger partial charge in [-0.15, -0.1) is 0 Å². The number of benzene rings is 1. The molecule has 98 valence electrons. The number of rotatable bonds is 3. The Balaban J connectivity index is 2.36. The fourth-order valence-corrected chi connectivity index (χ4v) is 1.92. The summed E-state index contributed by atoms with van der Waals surface area (Å²) in [5.41, 5.74) is 0.172. The van der Waals surface area contributed by atoms with Gasteiger partial charge in [-0.05, 0) is 46.3 Å². The van der Waals surface area contributed by atoms with E-state index in [1.165, 1.54) is 30.3 Å². The average Bonchev–Trinajstić information content (AvgIpc) is 2.36. The van der Waals surface area contributed by atoms with Crippen molar-refractivity contribution >= 4 is 45.0 Å². The molecule has 1 heterocycles. The zero-order chi connectivity index (χ0) is 14.0. The van der Waals surface area contributed by atoms with Gasteiger partial charge >= 0.3 is 5.97 Å². The summed E-state index contributed by atoms with van der Waals surface area (Å²) in [6.07, 6.45) is 0. The molecule has 7 heteroatoms. The molecule has 0 aliphatic carbocycles. The molecule has 0 bridgehead atoms. The Morgan fingerprint density at radius 3 is 2.79 bits per heavy atom. The predicted molar refractivity (Wildman–Crippen MR) is 73.6 cm³/mol. The van der Waals surface area contributed by atoms with E-state index in [0.717, 1.165) is 0 Å². The Labute approximate surface area is 121 Å². The summed E-state index contributed by atoms with van der Waals surface area (Å²) in [6, 6.07) is 7.01.